The zero-order valence-corrected chi connectivity index (χ0v) is 31.1. The molecule has 0 radical (unpaired) electrons. The lowest BCUT2D eigenvalue weighted by Crippen LogP contribution is -2.48. The Labute approximate surface area is 322 Å². The molecule has 12 rings (SSSR count). The quantitative estimate of drug-likeness (QED) is 0.165. The molecule has 0 saturated carbocycles. The van der Waals surface area contributed by atoms with Crippen molar-refractivity contribution in [2.45, 2.75) is 15.2 Å². The first-order valence-electron chi connectivity index (χ1n) is 18.4. The van der Waals surface area contributed by atoms with Gasteiger partial charge in [-0.15, -0.1) is 0 Å². The van der Waals surface area contributed by atoms with Crippen molar-refractivity contribution in [3.63, 3.8) is 0 Å². The van der Waals surface area contributed by atoms with Gasteiger partial charge >= 0.3 is 0 Å². The van der Waals surface area contributed by atoms with Crippen LogP contribution in [-0.4, -0.2) is 0 Å². The predicted octanol–water partition coefficient (Wildman–Crippen LogP) is 12.0. The van der Waals surface area contributed by atoms with Crippen molar-refractivity contribution in [1.82, 2.24) is 0 Å². The molecule has 8 aromatic carbocycles. The van der Waals surface area contributed by atoms with E-state index in [1.807, 2.05) is 60.7 Å². The van der Waals surface area contributed by atoms with Crippen LogP contribution in [0.15, 0.2) is 196 Å². The Bertz CT molecular complexity index is 3070. The summed E-state index contributed by atoms with van der Waals surface area (Å²) in [6.45, 7) is 0. The maximum Gasteiger partial charge on any atom is 0.171 e. The van der Waals surface area contributed by atoms with Crippen molar-refractivity contribution in [2.75, 3.05) is 4.90 Å². The fourth-order valence-corrected chi connectivity index (χ4v) is 13.5. The Morgan fingerprint density at radius 3 is 1.96 bits per heavy atom. The Morgan fingerprint density at radius 2 is 1.15 bits per heavy atom. The Balaban J connectivity index is 1.21. The van der Waals surface area contributed by atoms with Crippen LogP contribution < -0.4 is 25.6 Å². The summed E-state index contributed by atoms with van der Waals surface area (Å²) in [4.78, 5) is 4.74. The van der Waals surface area contributed by atoms with Gasteiger partial charge in [-0.3, -0.25) is 0 Å². The molecule has 6 heteroatoms. The maximum absolute atomic E-state index is 16.4. The molecule has 0 fully saturated rings. The molecule has 0 amide bonds. The predicted molar refractivity (Wildman–Crippen MR) is 224 cm³/mol. The second kappa shape index (κ2) is 11.4. The molecular weight excluding hydrogens is 714 g/mol. The molecule has 0 N–H and O–H groups in total. The van der Waals surface area contributed by atoms with Crippen LogP contribution in [0.5, 0.6) is 11.5 Å². The van der Waals surface area contributed by atoms with Gasteiger partial charge in [-0.05, 0) is 65.7 Å². The van der Waals surface area contributed by atoms with Gasteiger partial charge in [-0.25, -0.2) is 0 Å². The number of benzene rings is 8. The number of anilines is 3. The number of rotatable bonds is 2. The number of hydrogen-bond donors (Lipinski definition) is 0. The number of fused-ring (bicyclic) bond motifs is 13. The van der Waals surface area contributed by atoms with Crippen LogP contribution in [0.4, 0.5) is 17.1 Å². The highest BCUT2D eigenvalue weighted by atomic mass is 32.2. The van der Waals surface area contributed by atoms with Gasteiger partial charge in [0.1, 0.15) is 22.7 Å². The fourth-order valence-electron chi connectivity index (χ4n) is 9.31. The van der Waals surface area contributed by atoms with E-state index < -0.39 is 12.6 Å². The van der Waals surface area contributed by atoms with Gasteiger partial charge in [-0.2, -0.15) is 0 Å². The maximum atomic E-state index is 16.4. The molecule has 0 saturated heterocycles. The van der Waals surface area contributed by atoms with E-state index in [0.717, 1.165) is 88.7 Å². The lowest BCUT2D eigenvalue weighted by Gasteiger charge is -2.47. The summed E-state index contributed by atoms with van der Waals surface area (Å²) in [5.74, 6) is 1.54. The number of ether oxygens (including phenoxy) is 1. The average Bonchev–Trinajstić information content (AvgIpc) is 3.61. The lowest BCUT2D eigenvalue weighted by molar-refractivity contribution is 0.435. The van der Waals surface area contributed by atoms with E-state index in [4.69, 9.17) is 9.15 Å². The average molecular weight is 744 g/mol. The molecule has 0 aliphatic carbocycles. The minimum atomic E-state index is -3.43. The number of para-hydroxylation sites is 4. The summed E-state index contributed by atoms with van der Waals surface area (Å²) in [7, 11) is -3.43. The van der Waals surface area contributed by atoms with E-state index in [2.05, 4.69) is 126 Å². The lowest BCUT2D eigenvalue weighted by atomic mass is 9.63. The van der Waals surface area contributed by atoms with Gasteiger partial charge in [0, 0.05) is 59.4 Å². The number of nitrogens with zero attached hydrogens (tertiary/aromatic N) is 1. The van der Waals surface area contributed by atoms with E-state index in [0.29, 0.717) is 0 Å². The second-order valence-corrected chi connectivity index (χ2v) is 18.1. The van der Waals surface area contributed by atoms with Gasteiger partial charge in [-0.1, -0.05) is 133 Å². The van der Waals surface area contributed by atoms with Gasteiger partial charge in [0.15, 0.2) is 7.14 Å². The molecule has 1 spiro atoms. The summed E-state index contributed by atoms with van der Waals surface area (Å²) in [5.41, 5.74) is 7.92. The number of hydrogen-bond acceptors (Lipinski definition) is 5. The van der Waals surface area contributed by atoms with Gasteiger partial charge in [0.2, 0.25) is 0 Å². The van der Waals surface area contributed by atoms with Gasteiger partial charge in [0.25, 0.3) is 0 Å². The molecular formula is C49H30NO3PS. The van der Waals surface area contributed by atoms with Crippen LogP contribution in [0.25, 0.3) is 21.9 Å². The van der Waals surface area contributed by atoms with Gasteiger partial charge < -0.3 is 18.6 Å². The van der Waals surface area contributed by atoms with Crippen molar-refractivity contribution in [3.8, 4) is 11.5 Å². The summed E-state index contributed by atoms with van der Waals surface area (Å²) in [6.07, 6.45) is 0. The summed E-state index contributed by atoms with van der Waals surface area (Å²) >= 11 is 1.80. The molecule has 9 aromatic rings. The third kappa shape index (κ3) is 4.12. The first kappa shape index (κ1) is 31.1. The third-order valence-corrected chi connectivity index (χ3v) is 15.8. The molecule has 3 aliphatic heterocycles. The van der Waals surface area contributed by atoms with E-state index >= 15 is 4.57 Å². The molecule has 4 heterocycles. The third-order valence-electron chi connectivity index (χ3n) is 11.6. The molecule has 2 atom stereocenters. The highest BCUT2D eigenvalue weighted by Crippen LogP contribution is 2.63. The normalized spacial score (nSPS) is 18.8. The fraction of sp³-hybridized carbons (Fsp3) is 0.0204. The Morgan fingerprint density at radius 1 is 0.491 bits per heavy atom. The molecule has 260 valence electrons. The SMILES string of the molecule is O=P1(c2ccccc2)c2ccccc2C2(c3ccccc3Oc3cc(N4c5ccccc5Sc5ccccc54)ccc32)c2cc3c(cc21)oc1ccccc13. The standard InChI is InChI=1S/C49H30NO3PS/c51-54(32-14-2-1-3-15-32)45-23-11-6-18-37(45)49(38-29-34-33-16-4-9-21-41(33)52-43(34)30-46(38)54)35-17-5-10-22-42(35)53-44-28-31(26-27-36(44)49)50-39-19-7-12-24-47(39)55-48-25-13-8-20-40(48)50/h1-30H. The first-order valence-corrected chi connectivity index (χ1v) is 21.0. The van der Waals surface area contributed by atoms with Crippen molar-refractivity contribution in [2.24, 2.45) is 0 Å². The smallest absolute Gasteiger partial charge is 0.171 e. The topological polar surface area (TPSA) is 42.7 Å². The molecule has 0 bridgehead atoms. The van der Waals surface area contributed by atoms with Crippen LogP contribution in [0.2, 0.25) is 0 Å². The molecule has 1 aromatic heterocycles. The zero-order valence-electron chi connectivity index (χ0n) is 29.3. The van der Waals surface area contributed by atoms with Crippen molar-refractivity contribution in [3.05, 3.63) is 204 Å². The summed E-state index contributed by atoms with van der Waals surface area (Å²) < 4.78 is 29.9. The molecule has 2 unspecified atom stereocenters. The highest BCUT2D eigenvalue weighted by molar-refractivity contribution is 7.99. The van der Waals surface area contributed by atoms with Crippen LogP contribution in [0.3, 0.4) is 0 Å². The Hall–Kier alpha value is -6.26. The van der Waals surface area contributed by atoms with Crippen LogP contribution in [-0.2, 0) is 9.98 Å². The number of furan rings is 1. The van der Waals surface area contributed by atoms with E-state index in [1.54, 1.807) is 11.8 Å². The van der Waals surface area contributed by atoms with Crippen molar-refractivity contribution < 1.29 is 13.7 Å². The van der Waals surface area contributed by atoms with Crippen molar-refractivity contribution >= 4 is 73.8 Å². The molecule has 55 heavy (non-hydrogen) atoms. The summed E-state index contributed by atoms with van der Waals surface area (Å²) in [5, 5.41) is 4.43. The van der Waals surface area contributed by atoms with Crippen LogP contribution >= 0.6 is 18.9 Å². The largest absolute Gasteiger partial charge is 0.457 e. The van der Waals surface area contributed by atoms with Gasteiger partial charge in [0.05, 0.1) is 16.8 Å². The minimum Gasteiger partial charge on any atom is -0.457 e. The monoisotopic (exact) mass is 743 g/mol. The molecule has 4 nitrogen and oxygen atoms in total. The van der Waals surface area contributed by atoms with Crippen LogP contribution in [0, 0.1) is 0 Å². The second-order valence-electron chi connectivity index (χ2n) is 14.3. The summed E-state index contributed by atoms with van der Waals surface area (Å²) in [6, 6.07) is 63.0. The Kier molecular flexibility index (Phi) is 6.44. The van der Waals surface area contributed by atoms with E-state index in [9.17, 15) is 0 Å². The highest BCUT2D eigenvalue weighted by Gasteiger charge is 2.55. The zero-order chi connectivity index (χ0) is 36.3. The molecule has 3 aliphatic rings. The van der Waals surface area contributed by atoms with Crippen LogP contribution in [0.1, 0.15) is 22.3 Å². The van der Waals surface area contributed by atoms with E-state index in [-0.39, 0.29) is 0 Å². The minimum absolute atomic E-state index is 0.724. The van der Waals surface area contributed by atoms with E-state index in [1.165, 1.54) is 9.79 Å². The first-order chi connectivity index (χ1) is 27.1. The van der Waals surface area contributed by atoms with Crippen molar-refractivity contribution in [1.29, 1.82) is 0 Å².